The Morgan fingerprint density at radius 3 is 2.55 bits per heavy atom. The maximum atomic E-state index is 13.1. The van der Waals surface area contributed by atoms with Crippen molar-refractivity contribution in [3.8, 4) is 6.07 Å². The number of hydrogen-bond donors (Lipinski definition) is 1. The lowest BCUT2D eigenvalue weighted by Crippen LogP contribution is -2.33. The topological polar surface area (TPSA) is 95.7 Å². The fraction of sp³-hybridized carbons (Fsp3) is 0.0769. The maximum absolute atomic E-state index is 13.1. The summed E-state index contributed by atoms with van der Waals surface area (Å²) in [4.78, 5) is 35.9. The second-order valence-electron chi connectivity index (χ2n) is 3.98. The number of ketones is 1. The zero-order valence-electron chi connectivity index (χ0n) is 10.1. The predicted molar refractivity (Wildman–Crippen MR) is 66.8 cm³/mol. The monoisotopic (exact) mass is 273 g/mol. The van der Waals surface area contributed by atoms with Crippen molar-refractivity contribution < 1.29 is 9.18 Å². The van der Waals surface area contributed by atoms with E-state index in [-0.39, 0.29) is 5.56 Å². The molecule has 0 radical (unpaired) electrons. The molecule has 6 nitrogen and oxygen atoms in total. The molecule has 0 amide bonds. The van der Waals surface area contributed by atoms with Gasteiger partial charge in [0.25, 0.3) is 5.56 Å². The smallest absolute Gasteiger partial charge is 0.292 e. The van der Waals surface area contributed by atoms with Crippen molar-refractivity contribution >= 4 is 5.78 Å². The lowest BCUT2D eigenvalue weighted by atomic mass is 10.1. The first kappa shape index (κ1) is 13.4. The van der Waals surface area contributed by atoms with Gasteiger partial charge in [0, 0.05) is 5.56 Å². The highest BCUT2D eigenvalue weighted by molar-refractivity contribution is 5.95. The number of hydrogen-bond acceptors (Lipinski definition) is 4. The highest BCUT2D eigenvalue weighted by Gasteiger charge is 2.10. The van der Waals surface area contributed by atoms with Crippen molar-refractivity contribution in [3.63, 3.8) is 0 Å². The highest BCUT2D eigenvalue weighted by atomic mass is 19.1. The molecule has 1 aromatic carbocycles. The van der Waals surface area contributed by atoms with Gasteiger partial charge in [-0.05, 0) is 12.1 Å². The summed E-state index contributed by atoms with van der Waals surface area (Å²) in [7, 11) is 0. The van der Waals surface area contributed by atoms with E-state index in [1.807, 2.05) is 6.07 Å². The molecule has 0 bridgehead atoms. The largest absolute Gasteiger partial charge is 0.328 e. The number of aromatic nitrogens is 2. The Balaban J connectivity index is 2.28. The van der Waals surface area contributed by atoms with E-state index < -0.39 is 29.4 Å². The third-order valence-corrected chi connectivity index (χ3v) is 2.62. The van der Waals surface area contributed by atoms with Gasteiger partial charge in [0.2, 0.25) is 5.82 Å². The average Bonchev–Trinajstić information content (AvgIpc) is 2.44. The fourth-order valence-electron chi connectivity index (χ4n) is 1.58. The van der Waals surface area contributed by atoms with E-state index in [2.05, 4.69) is 0 Å². The third-order valence-electron chi connectivity index (χ3n) is 2.62. The highest BCUT2D eigenvalue weighted by Crippen LogP contribution is 2.05. The number of benzene rings is 1. The van der Waals surface area contributed by atoms with Crippen molar-refractivity contribution in [1.29, 1.82) is 5.26 Å². The van der Waals surface area contributed by atoms with E-state index >= 15 is 0 Å². The van der Waals surface area contributed by atoms with Crippen LogP contribution in [0.25, 0.3) is 0 Å². The number of carbonyl (C=O) groups is 1. The summed E-state index contributed by atoms with van der Waals surface area (Å²) < 4.78 is 13.8. The summed E-state index contributed by atoms with van der Waals surface area (Å²) in [5.74, 6) is -1.58. The number of carbonyl (C=O) groups excluding carboxylic acids is 1. The Bertz CT molecular complexity index is 812. The van der Waals surface area contributed by atoms with Crippen LogP contribution < -0.4 is 11.2 Å². The van der Waals surface area contributed by atoms with Gasteiger partial charge in [0.05, 0.1) is 24.4 Å². The SMILES string of the molecule is N#Cc1ccc(C(=O)Cn2cc(F)c(=O)[nH]c2=O)cc1. The molecule has 0 saturated heterocycles. The van der Waals surface area contributed by atoms with Crippen LogP contribution in [0.5, 0.6) is 0 Å². The number of aromatic amines is 1. The van der Waals surface area contributed by atoms with Crippen LogP contribution in [0.2, 0.25) is 0 Å². The minimum Gasteiger partial charge on any atom is -0.292 e. The molecule has 0 aliphatic carbocycles. The molecular formula is C13H8FN3O3. The van der Waals surface area contributed by atoms with Gasteiger partial charge < -0.3 is 0 Å². The van der Waals surface area contributed by atoms with Gasteiger partial charge in [-0.15, -0.1) is 0 Å². The molecule has 20 heavy (non-hydrogen) atoms. The van der Waals surface area contributed by atoms with Crippen molar-refractivity contribution in [1.82, 2.24) is 9.55 Å². The summed E-state index contributed by atoms with van der Waals surface area (Å²) in [6.07, 6.45) is 0.683. The van der Waals surface area contributed by atoms with Crippen LogP contribution >= 0.6 is 0 Å². The Kier molecular flexibility index (Phi) is 3.57. The first-order chi connectivity index (χ1) is 9.51. The molecule has 1 heterocycles. The molecule has 0 saturated carbocycles. The van der Waals surface area contributed by atoms with Gasteiger partial charge >= 0.3 is 5.69 Å². The number of nitrogens with one attached hydrogen (secondary N) is 1. The molecule has 0 atom stereocenters. The molecule has 1 N–H and O–H groups in total. The van der Waals surface area contributed by atoms with Crippen LogP contribution in [0.15, 0.2) is 40.1 Å². The van der Waals surface area contributed by atoms with E-state index in [0.717, 1.165) is 4.57 Å². The van der Waals surface area contributed by atoms with Crippen molar-refractivity contribution in [2.24, 2.45) is 0 Å². The predicted octanol–water partition coefficient (Wildman–Crippen LogP) is 0.430. The number of halogens is 1. The van der Waals surface area contributed by atoms with E-state index in [0.29, 0.717) is 11.8 Å². The summed E-state index contributed by atoms with van der Waals surface area (Å²) in [6.45, 7) is -0.404. The van der Waals surface area contributed by atoms with E-state index in [1.165, 1.54) is 24.3 Å². The second kappa shape index (κ2) is 5.32. The molecule has 0 aliphatic heterocycles. The Morgan fingerprint density at radius 2 is 1.95 bits per heavy atom. The number of rotatable bonds is 3. The molecule has 100 valence electrons. The average molecular weight is 273 g/mol. The zero-order valence-corrected chi connectivity index (χ0v) is 10.1. The van der Waals surface area contributed by atoms with Gasteiger partial charge in [-0.3, -0.25) is 19.1 Å². The van der Waals surface area contributed by atoms with Crippen LogP contribution in [-0.2, 0) is 6.54 Å². The fourth-order valence-corrected chi connectivity index (χ4v) is 1.58. The Hall–Kier alpha value is -3.01. The van der Waals surface area contributed by atoms with E-state index in [1.54, 1.807) is 4.98 Å². The maximum Gasteiger partial charge on any atom is 0.328 e. The first-order valence-electron chi connectivity index (χ1n) is 5.54. The van der Waals surface area contributed by atoms with Gasteiger partial charge in [0.15, 0.2) is 5.78 Å². The number of nitriles is 1. The summed E-state index contributed by atoms with van der Waals surface area (Å²) >= 11 is 0. The number of H-pyrrole nitrogens is 1. The molecule has 2 rings (SSSR count). The Morgan fingerprint density at radius 1 is 1.30 bits per heavy atom. The lowest BCUT2D eigenvalue weighted by Gasteiger charge is -2.04. The van der Waals surface area contributed by atoms with Gasteiger partial charge in [0.1, 0.15) is 0 Å². The quantitative estimate of drug-likeness (QED) is 0.820. The molecule has 2 aromatic rings. The first-order valence-corrected chi connectivity index (χ1v) is 5.54. The molecule has 7 heteroatoms. The molecule has 0 unspecified atom stereocenters. The zero-order chi connectivity index (χ0) is 14.7. The molecular weight excluding hydrogens is 265 g/mol. The summed E-state index contributed by atoms with van der Waals surface area (Å²) in [5.41, 5.74) is -1.31. The van der Waals surface area contributed by atoms with Gasteiger partial charge in [-0.1, -0.05) is 12.1 Å². The van der Waals surface area contributed by atoms with Gasteiger partial charge in [-0.2, -0.15) is 9.65 Å². The van der Waals surface area contributed by atoms with Gasteiger partial charge in [-0.25, -0.2) is 4.79 Å². The van der Waals surface area contributed by atoms with E-state index in [9.17, 15) is 18.8 Å². The van der Waals surface area contributed by atoms with Crippen molar-refractivity contribution in [3.05, 3.63) is 68.2 Å². The summed E-state index contributed by atoms with van der Waals surface area (Å²) in [6, 6.07) is 7.71. The van der Waals surface area contributed by atoms with Crippen LogP contribution in [0.3, 0.4) is 0 Å². The van der Waals surface area contributed by atoms with Crippen LogP contribution in [0.1, 0.15) is 15.9 Å². The standard InChI is InChI=1S/C13H8FN3O3/c14-10-6-17(13(20)16-12(10)19)7-11(18)9-3-1-8(5-15)2-4-9/h1-4,6H,7H2,(H,16,19,20). The molecule has 0 aliphatic rings. The van der Waals surface area contributed by atoms with Crippen LogP contribution in [0.4, 0.5) is 4.39 Å². The van der Waals surface area contributed by atoms with Crippen LogP contribution in [-0.4, -0.2) is 15.3 Å². The molecule has 0 spiro atoms. The minimum absolute atomic E-state index is 0.280. The molecule has 1 aromatic heterocycles. The van der Waals surface area contributed by atoms with Crippen molar-refractivity contribution in [2.45, 2.75) is 6.54 Å². The molecule has 0 fully saturated rings. The normalized spacial score (nSPS) is 10.0. The minimum atomic E-state index is -1.14. The lowest BCUT2D eigenvalue weighted by molar-refractivity contribution is 0.0970. The Labute approximate surface area is 111 Å². The van der Waals surface area contributed by atoms with Crippen LogP contribution in [0, 0.1) is 17.1 Å². The number of Topliss-reactive ketones (excluding diaryl/α,β-unsaturated/α-hetero) is 1. The summed E-state index contributed by atoms with van der Waals surface area (Å²) in [5, 5.41) is 8.64. The van der Waals surface area contributed by atoms with E-state index in [4.69, 9.17) is 5.26 Å². The van der Waals surface area contributed by atoms with Crippen molar-refractivity contribution in [2.75, 3.05) is 0 Å². The number of nitrogens with zero attached hydrogens (tertiary/aromatic N) is 2. The second-order valence-corrected chi connectivity index (χ2v) is 3.98. The third kappa shape index (κ3) is 2.70.